The molecule has 3 saturated heterocycles. The molecule has 0 saturated carbocycles. The fourth-order valence-corrected chi connectivity index (χ4v) is 5.36. The zero-order valence-electron chi connectivity index (χ0n) is 13.4. The quantitative estimate of drug-likeness (QED) is 0.890. The fraction of sp³-hybridized carbons (Fsp3) is 0.706. The standard InChI is InChI=1S/C17H25N3O2S/c21-16-19-12-17(14-5-10-23-11-14,13-3-8-22-9-4-13)20(16)15-1-6-18-7-2-15/h5,10-11,13,15,18H,1-4,6-9,12H2,(H,19,21)/t17-/m1/s1. The third-order valence-corrected chi connectivity index (χ3v) is 6.43. The lowest BCUT2D eigenvalue weighted by Gasteiger charge is -2.48. The van der Waals surface area contributed by atoms with Crippen molar-refractivity contribution in [1.82, 2.24) is 15.5 Å². The van der Waals surface area contributed by atoms with Gasteiger partial charge in [-0.05, 0) is 67.1 Å². The molecule has 0 unspecified atom stereocenters. The summed E-state index contributed by atoms with van der Waals surface area (Å²) in [7, 11) is 0. The number of carbonyl (C=O) groups excluding carboxylic acids is 1. The summed E-state index contributed by atoms with van der Waals surface area (Å²) in [5.41, 5.74) is 1.12. The van der Waals surface area contributed by atoms with Crippen LogP contribution < -0.4 is 10.6 Å². The van der Waals surface area contributed by atoms with Crippen molar-refractivity contribution in [3.05, 3.63) is 22.4 Å². The van der Waals surface area contributed by atoms with Crippen molar-refractivity contribution < 1.29 is 9.53 Å². The first kappa shape index (κ1) is 15.4. The molecule has 1 aromatic heterocycles. The Kier molecular flexibility index (Phi) is 4.30. The van der Waals surface area contributed by atoms with Gasteiger partial charge in [-0.15, -0.1) is 0 Å². The van der Waals surface area contributed by atoms with Gasteiger partial charge in [0.05, 0.1) is 5.54 Å². The average molecular weight is 335 g/mol. The smallest absolute Gasteiger partial charge is 0.318 e. The molecule has 3 fully saturated rings. The summed E-state index contributed by atoms with van der Waals surface area (Å²) in [6.07, 6.45) is 4.16. The van der Waals surface area contributed by atoms with Gasteiger partial charge in [0.2, 0.25) is 0 Å². The number of amides is 2. The lowest BCUT2D eigenvalue weighted by atomic mass is 9.73. The fourth-order valence-electron chi connectivity index (χ4n) is 4.62. The van der Waals surface area contributed by atoms with Crippen LogP contribution in [0.25, 0.3) is 0 Å². The second-order valence-electron chi connectivity index (χ2n) is 6.83. The second-order valence-corrected chi connectivity index (χ2v) is 7.61. The maximum absolute atomic E-state index is 12.8. The van der Waals surface area contributed by atoms with Gasteiger partial charge in [0.15, 0.2) is 0 Å². The molecule has 3 aliphatic heterocycles. The largest absolute Gasteiger partial charge is 0.381 e. The van der Waals surface area contributed by atoms with E-state index < -0.39 is 0 Å². The van der Waals surface area contributed by atoms with Gasteiger partial charge in [0.25, 0.3) is 0 Å². The number of urea groups is 1. The van der Waals surface area contributed by atoms with Crippen molar-refractivity contribution in [1.29, 1.82) is 0 Å². The summed E-state index contributed by atoms with van der Waals surface area (Å²) >= 11 is 1.73. The van der Waals surface area contributed by atoms with Gasteiger partial charge < -0.3 is 20.3 Å². The summed E-state index contributed by atoms with van der Waals surface area (Å²) in [5, 5.41) is 11.0. The highest BCUT2D eigenvalue weighted by Crippen LogP contribution is 2.46. The van der Waals surface area contributed by atoms with Crippen LogP contribution in [0, 0.1) is 5.92 Å². The molecule has 3 aliphatic rings. The molecule has 23 heavy (non-hydrogen) atoms. The number of nitrogens with zero attached hydrogens (tertiary/aromatic N) is 1. The highest BCUT2D eigenvalue weighted by Gasteiger charge is 2.54. The molecule has 4 rings (SSSR count). The second kappa shape index (κ2) is 6.42. The Labute approximate surface area is 141 Å². The Morgan fingerprint density at radius 3 is 2.70 bits per heavy atom. The molecule has 0 aliphatic carbocycles. The van der Waals surface area contributed by atoms with Gasteiger partial charge in [-0.3, -0.25) is 0 Å². The van der Waals surface area contributed by atoms with Crippen molar-refractivity contribution >= 4 is 17.4 Å². The zero-order valence-corrected chi connectivity index (χ0v) is 14.2. The average Bonchev–Trinajstić information content (AvgIpc) is 3.25. The van der Waals surface area contributed by atoms with E-state index in [4.69, 9.17) is 4.74 Å². The van der Waals surface area contributed by atoms with Gasteiger partial charge in [-0.2, -0.15) is 11.3 Å². The molecule has 1 atom stereocenters. The van der Waals surface area contributed by atoms with Crippen molar-refractivity contribution in [3.8, 4) is 0 Å². The summed E-state index contributed by atoms with van der Waals surface area (Å²) in [6.45, 7) is 4.36. The van der Waals surface area contributed by atoms with E-state index in [9.17, 15) is 4.79 Å². The molecule has 6 heteroatoms. The van der Waals surface area contributed by atoms with Gasteiger partial charge >= 0.3 is 6.03 Å². The topological polar surface area (TPSA) is 53.6 Å². The molecular formula is C17H25N3O2S. The lowest BCUT2D eigenvalue weighted by Crippen LogP contribution is -2.57. The van der Waals surface area contributed by atoms with Gasteiger partial charge in [0, 0.05) is 25.8 Å². The van der Waals surface area contributed by atoms with E-state index in [1.54, 1.807) is 11.3 Å². The molecule has 126 valence electrons. The molecule has 2 amide bonds. The van der Waals surface area contributed by atoms with E-state index in [2.05, 4.69) is 32.4 Å². The predicted molar refractivity (Wildman–Crippen MR) is 90.7 cm³/mol. The minimum atomic E-state index is -0.192. The molecule has 1 aromatic rings. The normalized spacial score (nSPS) is 30.6. The highest BCUT2D eigenvalue weighted by atomic mass is 32.1. The molecule has 0 radical (unpaired) electrons. The van der Waals surface area contributed by atoms with Crippen molar-refractivity contribution in [3.63, 3.8) is 0 Å². The van der Waals surface area contributed by atoms with E-state index in [0.29, 0.717) is 12.0 Å². The van der Waals surface area contributed by atoms with E-state index in [-0.39, 0.29) is 11.6 Å². The molecule has 2 N–H and O–H groups in total. The number of piperidine rings is 1. The summed E-state index contributed by atoms with van der Waals surface area (Å²) in [4.78, 5) is 15.0. The van der Waals surface area contributed by atoms with Crippen LogP contribution in [0.4, 0.5) is 4.79 Å². The highest BCUT2D eigenvalue weighted by molar-refractivity contribution is 7.08. The Hall–Kier alpha value is -1.11. The van der Waals surface area contributed by atoms with Gasteiger partial charge in [-0.25, -0.2) is 4.79 Å². The minimum absolute atomic E-state index is 0.120. The molecular weight excluding hydrogens is 310 g/mol. The summed E-state index contributed by atoms with van der Waals surface area (Å²) < 4.78 is 5.60. The third-order valence-electron chi connectivity index (χ3n) is 5.75. The zero-order chi connectivity index (χ0) is 15.7. The molecule has 0 spiro atoms. The minimum Gasteiger partial charge on any atom is -0.381 e. The van der Waals surface area contributed by atoms with Crippen LogP contribution in [-0.2, 0) is 10.3 Å². The van der Waals surface area contributed by atoms with E-state index in [1.165, 1.54) is 5.56 Å². The molecule has 4 heterocycles. The summed E-state index contributed by atoms with van der Waals surface area (Å²) in [5.74, 6) is 0.472. The van der Waals surface area contributed by atoms with Crippen LogP contribution in [0.3, 0.4) is 0 Å². The third kappa shape index (κ3) is 2.57. The first-order valence-corrected chi connectivity index (χ1v) is 9.65. The Morgan fingerprint density at radius 2 is 2.00 bits per heavy atom. The van der Waals surface area contributed by atoms with Crippen LogP contribution in [0.1, 0.15) is 31.2 Å². The van der Waals surface area contributed by atoms with Crippen LogP contribution in [0.2, 0.25) is 0 Å². The van der Waals surface area contributed by atoms with Gasteiger partial charge in [-0.1, -0.05) is 0 Å². The number of rotatable bonds is 3. The number of thiophene rings is 1. The summed E-state index contributed by atoms with van der Waals surface area (Å²) in [6, 6.07) is 2.67. The predicted octanol–water partition coefficient (Wildman–Crippen LogP) is 2.15. The monoisotopic (exact) mass is 335 g/mol. The van der Waals surface area contributed by atoms with E-state index in [0.717, 1.165) is 58.5 Å². The lowest BCUT2D eigenvalue weighted by molar-refractivity contribution is -0.0150. The Balaban J connectivity index is 1.74. The van der Waals surface area contributed by atoms with Crippen molar-refractivity contribution in [2.75, 3.05) is 32.8 Å². The maximum Gasteiger partial charge on any atom is 0.318 e. The van der Waals surface area contributed by atoms with E-state index in [1.807, 2.05) is 0 Å². The van der Waals surface area contributed by atoms with Crippen molar-refractivity contribution in [2.24, 2.45) is 5.92 Å². The SMILES string of the molecule is O=C1NC[C@](c2ccsc2)(C2CCOCC2)N1C1CCNCC1. The molecule has 5 nitrogen and oxygen atoms in total. The maximum atomic E-state index is 12.8. The van der Waals surface area contributed by atoms with Crippen molar-refractivity contribution in [2.45, 2.75) is 37.3 Å². The Bertz CT molecular complexity index is 538. The number of ether oxygens (including phenoxy) is 1. The van der Waals surface area contributed by atoms with Crippen LogP contribution in [0.15, 0.2) is 16.8 Å². The number of nitrogens with one attached hydrogen (secondary N) is 2. The first-order valence-electron chi connectivity index (χ1n) is 8.70. The molecule has 0 bridgehead atoms. The van der Waals surface area contributed by atoms with Gasteiger partial charge in [0.1, 0.15) is 0 Å². The first-order chi connectivity index (χ1) is 11.3. The number of carbonyl (C=O) groups is 1. The van der Waals surface area contributed by atoms with Crippen LogP contribution in [0.5, 0.6) is 0 Å². The van der Waals surface area contributed by atoms with E-state index >= 15 is 0 Å². The number of hydrogen-bond acceptors (Lipinski definition) is 4. The number of hydrogen-bond donors (Lipinski definition) is 2. The van der Waals surface area contributed by atoms with Crippen LogP contribution >= 0.6 is 11.3 Å². The Morgan fingerprint density at radius 1 is 1.22 bits per heavy atom. The molecule has 0 aromatic carbocycles. The van der Waals surface area contributed by atoms with Crippen LogP contribution in [-0.4, -0.2) is 49.8 Å².